The van der Waals surface area contributed by atoms with Crippen molar-refractivity contribution in [3.63, 3.8) is 0 Å². The molecule has 0 bridgehead atoms. The molecule has 0 saturated carbocycles. The lowest BCUT2D eigenvalue weighted by Gasteiger charge is -1.91. The van der Waals surface area contributed by atoms with Crippen LogP contribution in [0.4, 0.5) is 0 Å². The van der Waals surface area contributed by atoms with Crippen molar-refractivity contribution >= 4 is 10.4 Å². The van der Waals surface area contributed by atoms with E-state index < -0.39 is 10.4 Å². The summed E-state index contributed by atoms with van der Waals surface area (Å²) in [5.74, 6) is 0. The van der Waals surface area contributed by atoms with Crippen LogP contribution in [-0.2, 0) is 18.8 Å². The second kappa shape index (κ2) is 6.48. The molecule has 6 heteroatoms. The van der Waals surface area contributed by atoms with Gasteiger partial charge < -0.3 is 0 Å². The predicted molar refractivity (Wildman–Crippen MR) is 34.2 cm³/mol. The van der Waals surface area contributed by atoms with Gasteiger partial charge in [0.25, 0.3) is 0 Å². The molecule has 10 heavy (non-hydrogen) atoms. The number of nitrogens with zero attached hydrogens (tertiary/aromatic N) is 1. The molecule has 0 aliphatic heterocycles. The summed E-state index contributed by atoms with van der Waals surface area (Å²) >= 11 is 0. The van der Waals surface area contributed by atoms with Crippen LogP contribution in [-0.4, -0.2) is 22.6 Å². The molecule has 0 rings (SSSR count). The Morgan fingerprint density at radius 2 is 1.50 bits per heavy atom. The van der Waals surface area contributed by atoms with Crippen molar-refractivity contribution in [2.75, 3.05) is 14.2 Å². The van der Waals surface area contributed by atoms with Gasteiger partial charge in [-0.15, -0.1) is 0 Å². The molecule has 0 heterocycles. The van der Waals surface area contributed by atoms with E-state index in [1.54, 1.807) is 6.07 Å². The first-order valence-corrected chi connectivity index (χ1v) is 3.54. The summed E-state index contributed by atoms with van der Waals surface area (Å²) in [5, 5.41) is 7.32. The summed E-state index contributed by atoms with van der Waals surface area (Å²) in [6.07, 6.45) is 0. The summed E-state index contributed by atoms with van der Waals surface area (Å²) in [4.78, 5) is 0. The summed E-state index contributed by atoms with van der Waals surface area (Å²) in [7, 11) is -1.60. The van der Waals surface area contributed by atoms with Crippen LogP contribution in [0.5, 0.6) is 0 Å². The molecule has 5 nitrogen and oxygen atoms in total. The Bertz CT molecular complexity index is 180. The summed E-state index contributed by atoms with van der Waals surface area (Å²) in [6.45, 7) is 1.43. The lowest BCUT2D eigenvalue weighted by Crippen LogP contribution is -2.02. The summed E-state index contributed by atoms with van der Waals surface area (Å²) in [6, 6.07) is 1.75. The molecule has 0 aromatic carbocycles. The highest BCUT2D eigenvalue weighted by atomic mass is 32.3. The van der Waals surface area contributed by atoms with Gasteiger partial charge in [0.05, 0.1) is 20.3 Å². The maximum Gasteiger partial charge on any atom is 0.399 e. The molecule has 0 unspecified atom stereocenters. The maximum atomic E-state index is 9.92. The number of rotatable bonds is 2. The fraction of sp³-hybridized carbons (Fsp3) is 0.750. The molecule has 0 amide bonds. The SMILES string of the molecule is CC#N.COS(=O)(=O)OC. The van der Waals surface area contributed by atoms with Gasteiger partial charge in [0.1, 0.15) is 0 Å². The largest absolute Gasteiger partial charge is 0.399 e. The third-order valence-electron chi connectivity index (χ3n) is 0.408. The fourth-order valence-corrected chi connectivity index (χ4v) is 0.204. The zero-order chi connectivity index (χ0) is 8.62. The molecule has 0 radical (unpaired) electrons. The van der Waals surface area contributed by atoms with Gasteiger partial charge >= 0.3 is 10.4 Å². The Kier molecular flexibility index (Phi) is 7.82. The second-order valence-electron chi connectivity index (χ2n) is 0.965. The molecule has 0 spiro atoms. The van der Waals surface area contributed by atoms with Crippen LogP contribution in [0.2, 0.25) is 0 Å². The van der Waals surface area contributed by atoms with E-state index in [9.17, 15) is 8.42 Å². The van der Waals surface area contributed by atoms with Crippen molar-refractivity contribution in [1.82, 2.24) is 0 Å². The van der Waals surface area contributed by atoms with Gasteiger partial charge in [-0.25, -0.2) is 0 Å². The van der Waals surface area contributed by atoms with Crippen molar-refractivity contribution < 1.29 is 16.8 Å². The van der Waals surface area contributed by atoms with Crippen molar-refractivity contribution in [2.24, 2.45) is 0 Å². The van der Waals surface area contributed by atoms with Crippen LogP contribution >= 0.6 is 0 Å². The minimum atomic E-state index is -3.66. The Labute approximate surface area is 60.5 Å². The lowest BCUT2D eigenvalue weighted by molar-refractivity contribution is 0.286. The first-order valence-electron chi connectivity index (χ1n) is 2.21. The Morgan fingerprint density at radius 1 is 1.30 bits per heavy atom. The smallest absolute Gasteiger partial charge is 0.252 e. The number of hydrogen-bond acceptors (Lipinski definition) is 5. The molecule has 0 atom stereocenters. The Hall–Kier alpha value is -0.640. The van der Waals surface area contributed by atoms with Crippen LogP contribution in [0.15, 0.2) is 0 Å². The van der Waals surface area contributed by atoms with E-state index in [-0.39, 0.29) is 0 Å². The van der Waals surface area contributed by atoms with Crippen LogP contribution in [0.1, 0.15) is 6.92 Å². The highest BCUT2D eigenvalue weighted by molar-refractivity contribution is 7.81. The third-order valence-corrected chi connectivity index (χ3v) is 1.22. The highest BCUT2D eigenvalue weighted by Gasteiger charge is 2.01. The average molecular weight is 167 g/mol. The first kappa shape index (κ1) is 12.1. The number of nitriles is 1. The Balaban J connectivity index is 0. The van der Waals surface area contributed by atoms with Gasteiger partial charge in [-0.3, -0.25) is 8.37 Å². The molecule has 60 valence electrons. The molecule has 0 aromatic rings. The van der Waals surface area contributed by atoms with E-state index in [4.69, 9.17) is 5.26 Å². The van der Waals surface area contributed by atoms with Gasteiger partial charge in [0.2, 0.25) is 0 Å². The van der Waals surface area contributed by atoms with Crippen LogP contribution in [0, 0.1) is 11.3 Å². The normalized spacial score (nSPS) is 9.00. The van der Waals surface area contributed by atoms with E-state index in [0.29, 0.717) is 0 Å². The zero-order valence-corrected chi connectivity index (χ0v) is 6.80. The van der Waals surface area contributed by atoms with Crippen LogP contribution in [0.3, 0.4) is 0 Å². The summed E-state index contributed by atoms with van der Waals surface area (Å²) in [5.41, 5.74) is 0. The van der Waals surface area contributed by atoms with Crippen molar-refractivity contribution in [2.45, 2.75) is 6.92 Å². The van der Waals surface area contributed by atoms with Crippen molar-refractivity contribution in [3.8, 4) is 6.07 Å². The molecular formula is C4H9NO4S. The van der Waals surface area contributed by atoms with Gasteiger partial charge in [-0.05, 0) is 0 Å². The second-order valence-corrected chi connectivity index (χ2v) is 2.45. The third kappa shape index (κ3) is 10.4. The molecule has 0 saturated heterocycles. The molecular weight excluding hydrogens is 158 g/mol. The van der Waals surface area contributed by atoms with E-state index >= 15 is 0 Å². The predicted octanol–water partition coefficient (Wildman–Crippen LogP) is 0.0539. The van der Waals surface area contributed by atoms with Crippen molar-refractivity contribution in [3.05, 3.63) is 0 Å². The quantitative estimate of drug-likeness (QED) is 0.581. The monoisotopic (exact) mass is 167 g/mol. The minimum absolute atomic E-state index is 1.03. The average Bonchev–Trinajstić information content (AvgIpc) is 1.90. The highest BCUT2D eigenvalue weighted by Crippen LogP contribution is 1.85. The first-order chi connectivity index (χ1) is 4.54. The van der Waals surface area contributed by atoms with E-state index in [1.807, 2.05) is 0 Å². The molecule has 0 N–H and O–H groups in total. The van der Waals surface area contributed by atoms with Crippen LogP contribution < -0.4 is 0 Å². The van der Waals surface area contributed by atoms with E-state index in [1.165, 1.54) is 6.92 Å². The number of hydrogen-bond donors (Lipinski definition) is 0. The fourth-order valence-electron chi connectivity index (χ4n) is 0.0680. The minimum Gasteiger partial charge on any atom is -0.252 e. The van der Waals surface area contributed by atoms with Gasteiger partial charge in [-0.1, -0.05) is 0 Å². The topological polar surface area (TPSA) is 76.4 Å². The van der Waals surface area contributed by atoms with E-state index in [2.05, 4.69) is 8.37 Å². The molecule has 0 fully saturated rings. The van der Waals surface area contributed by atoms with Crippen molar-refractivity contribution in [1.29, 1.82) is 5.26 Å². The Morgan fingerprint density at radius 3 is 1.50 bits per heavy atom. The lowest BCUT2D eigenvalue weighted by atomic mass is 11.0. The van der Waals surface area contributed by atoms with Gasteiger partial charge in [-0.2, -0.15) is 13.7 Å². The molecule has 0 aromatic heterocycles. The maximum absolute atomic E-state index is 9.92. The zero-order valence-electron chi connectivity index (χ0n) is 5.99. The van der Waals surface area contributed by atoms with Gasteiger partial charge in [0.15, 0.2) is 0 Å². The summed E-state index contributed by atoms with van der Waals surface area (Å²) < 4.78 is 27.5. The standard InChI is InChI=1S/C2H3N.C2H6O4S/c1-2-3;1-5-7(3,4)6-2/h1H3;1-2H3. The van der Waals surface area contributed by atoms with E-state index in [0.717, 1.165) is 14.2 Å². The van der Waals surface area contributed by atoms with Gasteiger partial charge in [0, 0.05) is 6.92 Å². The van der Waals surface area contributed by atoms with Crippen LogP contribution in [0.25, 0.3) is 0 Å². The molecule has 0 aliphatic carbocycles. The molecule has 0 aliphatic rings.